The summed E-state index contributed by atoms with van der Waals surface area (Å²) in [6.45, 7) is 1.81. The molecule has 1 aromatic rings. The molecule has 0 saturated carbocycles. The van der Waals surface area contributed by atoms with Crippen LogP contribution in [0.3, 0.4) is 0 Å². The van der Waals surface area contributed by atoms with Crippen molar-refractivity contribution < 1.29 is 14.3 Å². The molecule has 1 aliphatic rings. The Hall–Kier alpha value is -1.46. The number of benzene rings is 1. The van der Waals surface area contributed by atoms with E-state index in [2.05, 4.69) is 5.32 Å². The van der Waals surface area contributed by atoms with Gasteiger partial charge in [-0.05, 0) is 5.56 Å². The number of carbonyl (C=O) groups is 1. The van der Waals surface area contributed by atoms with Gasteiger partial charge in [-0.2, -0.15) is 0 Å². The van der Waals surface area contributed by atoms with E-state index in [1.807, 2.05) is 35.2 Å². The summed E-state index contributed by atoms with van der Waals surface area (Å²) < 4.78 is 13.1. The van der Waals surface area contributed by atoms with Crippen molar-refractivity contribution in [3.63, 3.8) is 0 Å². The highest BCUT2D eigenvalue weighted by molar-refractivity contribution is 5.73. The van der Waals surface area contributed by atoms with E-state index in [0.29, 0.717) is 13.1 Å². The average molecular weight is 266 g/mol. The normalized spacial score (nSPS) is 27.4. The first-order valence-corrected chi connectivity index (χ1v) is 6.41. The van der Waals surface area contributed by atoms with Crippen molar-refractivity contribution in [2.45, 2.75) is 31.7 Å². The molecule has 3 atom stereocenters. The van der Waals surface area contributed by atoms with Gasteiger partial charge in [0.15, 0.2) is 0 Å². The van der Waals surface area contributed by atoms with Crippen LogP contribution in [0, 0.1) is 0 Å². The second-order valence-electron chi connectivity index (χ2n) is 4.93. The smallest absolute Gasteiger partial charge is 0.217 e. The van der Waals surface area contributed by atoms with E-state index < -0.39 is 24.9 Å². The number of nitrogens with one attached hydrogen (secondary N) is 1. The molecule has 0 bridgehead atoms. The number of hydrogen-bond acceptors (Lipinski definition) is 3. The lowest BCUT2D eigenvalue weighted by atomic mass is 10.1. The van der Waals surface area contributed by atoms with E-state index in [9.17, 15) is 14.3 Å². The minimum atomic E-state index is -0.863. The quantitative estimate of drug-likeness (QED) is 0.844. The number of amides is 1. The summed E-state index contributed by atoms with van der Waals surface area (Å²) in [6, 6.07) is 8.75. The molecule has 1 heterocycles. The van der Waals surface area contributed by atoms with Crippen LogP contribution < -0.4 is 5.32 Å². The third kappa shape index (κ3) is 3.30. The molecule has 0 radical (unpaired) electrons. The largest absolute Gasteiger partial charge is 0.389 e. The standard InChI is InChI=1S/C14H19FN2O2/c1-10(18)16-12-9-17(13(7-15)14(12)19)8-11-5-3-2-4-6-11/h2-6,12-14,19H,7-9H2,1H3,(H,16,18)/t12-,13-,14+/m0/s1. The first kappa shape index (κ1) is 14.0. The summed E-state index contributed by atoms with van der Waals surface area (Å²) in [5.41, 5.74) is 1.07. The molecule has 1 aromatic carbocycles. The van der Waals surface area contributed by atoms with Crippen molar-refractivity contribution >= 4 is 5.91 Å². The zero-order chi connectivity index (χ0) is 13.8. The number of halogens is 1. The van der Waals surface area contributed by atoms with Gasteiger partial charge in [-0.3, -0.25) is 9.69 Å². The van der Waals surface area contributed by atoms with Crippen LogP contribution in [-0.2, 0) is 11.3 Å². The van der Waals surface area contributed by atoms with Crippen LogP contribution in [0.4, 0.5) is 4.39 Å². The molecule has 2 rings (SSSR count). The molecule has 1 fully saturated rings. The molecule has 1 amide bonds. The monoisotopic (exact) mass is 266 g/mol. The van der Waals surface area contributed by atoms with Crippen LogP contribution in [-0.4, -0.2) is 47.3 Å². The number of rotatable bonds is 4. The fraction of sp³-hybridized carbons (Fsp3) is 0.500. The van der Waals surface area contributed by atoms with Crippen LogP contribution in [0.1, 0.15) is 12.5 Å². The minimum Gasteiger partial charge on any atom is -0.389 e. The molecule has 2 N–H and O–H groups in total. The average Bonchev–Trinajstić information content (AvgIpc) is 2.66. The number of alkyl halides is 1. The molecule has 0 unspecified atom stereocenters. The van der Waals surface area contributed by atoms with Gasteiger partial charge in [-0.15, -0.1) is 0 Å². The van der Waals surface area contributed by atoms with E-state index in [4.69, 9.17) is 0 Å². The lowest BCUT2D eigenvalue weighted by Gasteiger charge is -2.23. The van der Waals surface area contributed by atoms with Gasteiger partial charge in [0.2, 0.25) is 5.91 Å². The molecular formula is C14H19FN2O2. The van der Waals surface area contributed by atoms with E-state index in [1.165, 1.54) is 6.92 Å². The van der Waals surface area contributed by atoms with Gasteiger partial charge in [0, 0.05) is 20.0 Å². The maximum atomic E-state index is 13.1. The Morgan fingerprint density at radius 3 is 2.74 bits per heavy atom. The zero-order valence-corrected chi connectivity index (χ0v) is 10.9. The maximum absolute atomic E-state index is 13.1. The number of hydrogen-bond donors (Lipinski definition) is 2. The van der Waals surface area contributed by atoms with Gasteiger partial charge < -0.3 is 10.4 Å². The number of nitrogens with zero attached hydrogens (tertiary/aromatic N) is 1. The van der Waals surface area contributed by atoms with Crippen LogP contribution >= 0.6 is 0 Å². The van der Waals surface area contributed by atoms with E-state index in [-0.39, 0.29) is 5.91 Å². The predicted molar refractivity (Wildman–Crippen MR) is 70.2 cm³/mol. The Labute approximate surface area is 112 Å². The summed E-state index contributed by atoms with van der Waals surface area (Å²) in [5.74, 6) is -0.205. The Kier molecular flexibility index (Phi) is 4.50. The second-order valence-corrected chi connectivity index (χ2v) is 4.93. The minimum absolute atomic E-state index is 0.205. The highest BCUT2D eigenvalue weighted by Crippen LogP contribution is 2.21. The summed E-state index contributed by atoms with van der Waals surface area (Å²) in [4.78, 5) is 12.9. The molecule has 1 saturated heterocycles. The first-order chi connectivity index (χ1) is 9.11. The molecule has 4 nitrogen and oxygen atoms in total. The van der Waals surface area contributed by atoms with Crippen LogP contribution in [0.5, 0.6) is 0 Å². The zero-order valence-electron chi connectivity index (χ0n) is 10.9. The number of aliphatic hydroxyl groups excluding tert-OH is 1. The summed E-state index contributed by atoms with van der Waals surface area (Å²) in [5, 5.41) is 12.7. The molecular weight excluding hydrogens is 247 g/mol. The fourth-order valence-corrected chi connectivity index (χ4v) is 2.56. The first-order valence-electron chi connectivity index (χ1n) is 6.41. The molecule has 1 aliphatic heterocycles. The van der Waals surface area contributed by atoms with Crippen molar-refractivity contribution in [2.24, 2.45) is 0 Å². The maximum Gasteiger partial charge on any atom is 0.217 e. The molecule has 0 spiro atoms. The van der Waals surface area contributed by atoms with Gasteiger partial charge in [-0.1, -0.05) is 30.3 Å². The fourth-order valence-electron chi connectivity index (χ4n) is 2.56. The van der Waals surface area contributed by atoms with Gasteiger partial charge in [0.25, 0.3) is 0 Å². The summed E-state index contributed by atoms with van der Waals surface area (Å²) in [7, 11) is 0. The Morgan fingerprint density at radius 1 is 1.47 bits per heavy atom. The van der Waals surface area contributed by atoms with Gasteiger partial charge in [0.1, 0.15) is 6.67 Å². The Morgan fingerprint density at radius 2 is 2.16 bits per heavy atom. The van der Waals surface area contributed by atoms with Gasteiger partial charge >= 0.3 is 0 Å². The van der Waals surface area contributed by atoms with E-state index in [0.717, 1.165) is 5.56 Å². The SMILES string of the molecule is CC(=O)N[C@H]1CN(Cc2ccccc2)[C@@H](CF)[C@@H]1O. The third-order valence-corrected chi connectivity index (χ3v) is 3.48. The Bertz CT molecular complexity index is 427. The summed E-state index contributed by atoms with van der Waals surface area (Å²) >= 11 is 0. The van der Waals surface area contributed by atoms with Crippen LogP contribution in [0.2, 0.25) is 0 Å². The van der Waals surface area contributed by atoms with Crippen molar-refractivity contribution in [3.05, 3.63) is 35.9 Å². The highest BCUT2D eigenvalue weighted by atomic mass is 19.1. The molecule has 104 valence electrons. The topological polar surface area (TPSA) is 52.6 Å². The molecule has 0 aliphatic carbocycles. The van der Waals surface area contributed by atoms with E-state index in [1.54, 1.807) is 0 Å². The summed E-state index contributed by atoms with van der Waals surface area (Å²) in [6.07, 6.45) is -0.863. The molecule has 0 aromatic heterocycles. The predicted octanol–water partition coefficient (Wildman–Crippen LogP) is 0.706. The van der Waals surface area contributed by atoms with E-state index >= 15 is 0 Å². The Balaban J connectivity index is 2.05. The number of aliphatic hydroxyl groups is 1. The van der Waals surface area contributed by atoms with Crippen LogP contribution in [0.15, 0.2) is 30.3 Å². The van der Waals surface area contributed by atoms with Crippen LogP contribution in [0.25, 0.3) is 0 Å². The van der Waals surface area contributed by atoms with Crippen molar-refractivity contribution in [1.82, 2.24) is 10.2 Å². The third-order valence-electron chi connectivity index (χ3n) is 3.48. The van der Waals surface area contributed by atoms with Gasteiger partial charge in [-0.25, -0.2) is 4.39 Å². The number of likely N-dealkylation sites (tertiary alicyclic amines) is 1. The number of carbonyl (C=O) groups excluding carboxylic acids is 1. The van der Waals surface area contributed by atoms with Crippen molar-refractivity contribution in [1.29, 1.82) is 0 Å². The van der Waals surface area contributed by atoms with Crippen molar-refractivity contribution in [3.8, 4) is 0 Å². The lowest BCUT2D eigenvalue weighted by molar-refractivity contribution is -0.120. The highest BCUT2D eigenvalue weighted by Gasteiger charge is 2.40. The van der Waals surface area contributed by atoms with Gasteiger partial charge in [0.05, 0.1) is 18.2 Å². The molecule has 5 heteroatoms. The molecule has 19 heavy (non-hydrogen) atoms. The lowest BCUT2D eigenvalue weighted by Crippen LogP contribution is -2.44. The van der Waals surface area contributed by atoms with Crippen molar-refractivity contribution in [2.75, 3.05) is 13.2 Å². The second kappa shape index (κ2) is 6.12.